The van der Waals surface area contributed by atoms with Gasteiger partial charge in [-0.2, -0.15) is 4.72 Å². The number of terminal acetylenes is 1. The Hall–Kier alpha value is -1.35. The lowest BCUT2D eigenvalue weighted by Gasteiger charge is -2.19. The van der Waals surface area contributed by atoms with Crippen LogP contribution in [0.15, 0.2) is 29.2 Å². The minimum Gasteiger partial charge on any atom is -0.316 e. The first-order chi connectivity index (χ1) is 8.30. The van der Waals surface area contributed by atoms with E-state index in [2.05, 4.69) is 16.0 Å². The van der Waals surface area contributed by atoms with Crippen molar-refractivity contribution in [1.82, 2.24) is 10.0 Å². The van der Waals surface area contributed by atoms with E-state index in [1.807, 2.05) is 7.05 Å². The molecule has 0 bridgehead atoms. The molecule has 4 nitrogen and oxygen atoms in total. The maximum Gasteiger partial charge on any atom is 0.241 e. The Balaban J connectivity index is 2.96. The van der Waals surface area contributed by atoms with Gasteiger partial charge in [-0.15, -0.1) is 6.42 Å². The zero-order valence-electron chi connectivity index (χ0n) is 10.8. The fourth-order valence-electron chi connectivity index (χ4n) is 1.41. The Bertz CT molecular complexity index is 539. The Morgan fingerprint density at radius 2 is 1.83 bits per heavy atom. The highest BCUT2D eigenvalue weighted by molar-refractivity contribution is 7.89. The van der Waals surface area contributed by atoms with Gasteiger partial charge in [-0.1, -0.05) is 18.1 Å². The average molecular weight is 266 g/mol. The zero-order chi connectivity index (χ0) is 13.8. The van der Waals surface area contributed by atoms with Crippen LogP contribution < -0.4 is 10.0 Å². The summed E-state index contributed by atoms with van der Waals surface area (Å²) in [6.45, 7) is 3.98. The highest BCUT2D eigenvalue weighted by Crippen LogP contribution is 2.13. The molecule has 0 aliphatic rings. The molecule has 0 atom stereocenters. The second kappa shape index (κ2) is 5.53. The van der Waals surface area contributed by atoms with Crippen LogP contribution in [0.25, 0.3) is 0 Å². The molecule has 0 amide bonds. The molecule has 0 aliphatic heterocycles. The van der Waals surface area contributed by atoms with Gasteiger partial charge in [0.05, 0.1) is 10.4 Å². The molecule has 0 heterocycles. The van der Waals surface area contributed by atoms with Gasteiger partial charge in [-0.05, 0) is 38.6 Å². The van der Waals surface area contributed by atoms with Gasteiger partial charge in [0.15, 0.2) is 0 Å². The molecule has 18 heavy (non-hydrogen) atoms. The van der Waals surface area contributed by atoms with Crippen molar-refractivity contribution >= 4 is 10.0 Å². The van der Waals surface area contributed by atoms with Crippen molar-refractivity contribution in [3.05, 3.63) is 29.8 Å². The number of benzene rings is 1. The fourth-order valence-corrected chi connectivity index (χ4v) is 2.76. The van der Waals surface area contributed by atoms with Crippen molar-refractivity contribution in [3.63, 3.8) is 0 Å². The molecular formula is C13H18N2O2S. The molecule has 1 aromatic carbocycles. The third kappa shape index (κ3) is 3.84. The van der Waals surface area contributed by atoms with Crippen LogP contribution in [0, 0.1) is 12.3 Å². The molecule has 0 fully saturated rings. The van der Waals surface area contributed by atoms with Crippen molar-refractivity contribution in [2.24, 2.45) is 0 Å². The summed E-state index contributed by atoms with van der Waals surface area (Å²) in [6.07, 6.45) is 5.27. The first-order valence-electron chi connectivity index (χ1n) is 5.56. The van der Waals surface area contributed by atoms with Gasteiger partial charge in [-0.3, -0.25) is 0 Å². The van der Waals surface area contributed by atoms with Gasteiger partial charge < -0.3 is 5.32 Å². The third-order valence-electron chi connectivity index (χ3n) is 2.36. The Kier molecular flexibility index (Phi) is 4.52. The largest absolute Gasteiger partial charge is 0.316 e. The molecule has 1 rings (SSSR count). The average Bonchev–Trinajstić information content (AvgIpc) is 2.29. The van der Waals surface area contributed by atoms with E-state index in [4.69, 9.17) is 6.42 Å². The van der Waals surface area contributed by atoms with E-state index >= 15 is 0 Å². The fraction of sp³-hybridized carbons (Fsp3) is 0.385. The molecule has 98 valence electrons. The maximum absolute atomic E-state index is 12.1. The van der Waals surface area contributed by atoms with Crippen molar-refractivity contribution < 1.29 is 8.42 Å². The van der Waals surface area contributed by atoms with Crippen LogP contribution in [0.3, 0.4) is 0 Å². The van der Waals surface area contributed by atoms with Gasteiger partial charge in [0.25, 0.3) is 0 Å². The molecule has 0 spiro atoms. The second-order valence-electron chi connectivity index (χ2n) is 4.55. The highest BCUT2D eigenvalue weighted by Gasteiger charge is 2.23. The number of sulfonamides is 1. The summed E-state index contributed by atoms with van der Waals surface area (Å²) >= 11 is 0. The van der Waals surface area contributed by atoms with Gasteiger partial charge in [0.1, 0.15) is 0 Å². The van der Waals surface area contributed by atoms with Crippen LogP contribution in [0.2, 0.25) is 0 Å². The predicted molar refractivity (Wildman–Crippen MR) is 72.4 cm³/mol. The molecule has 5 heteroatoms. The molecular weight excluding hydrogens is 248 g/mol. The second-order valence-corrected chi connectivity index (χ2v) is 6.23. The van der Waals surface area contributed by atoms with E-state index in [0.717, 1.165) is 5.56 Å². The van der Waals surface area contributed by atoms with Gasteiger partial charge in [0.2, 0.25) is 10.0 Å². The summed E-state index contributed by atoms with van der Waals surface area (Å²) in [4.78, 5) is 0.214. The third-order valence-corrected chi connectivity index (χ3v) is 4.04. The zero-order valence-corrected chi connectivity index (χ0v) is 11.6. The van der Waals surface area contributed by atoms with E-state index in [1.54, 1.807) is 38.1 Å². The van der Waals surface area contributed by atoms with Crippen LogP contribution in [0.4, 0.5) is 0 Å². The summed E-state index contributed by atoms with van der Waals surface area (Å²) in [5.74, 6) is 2.40. The number of rotatable bonds is 5. The van der Waals surface area contributed by atoms with Gasteiger partial charge >= 0.3 is 0 Å². The van der Waals surface area contributed by atoms with Crippen LogP contribution in [0.1, 0.15) is 19.4 Å². The Morgan fingerprint density at radius 1 is 1.28 bits per heavy atom. The molecule has 1 aromatic rings. The number of nitrogens with one attached hydrogen (secondary N) is 2. The molecule has 0 aromatic heterocycles. The SMILES string of the molecule is C#CC(C)(C)NS(=O)(=O)c1ccc(CNC)cc1. The van der Waals surface area contributed by atoms with Crippen molar-refractivity contribution in [2.45, 2.75) is 30.8 Å². The molecule has 0 saturated carbocycles. The minimum absolute atomic E-state index is 0.214. The molecule has 0 unspecified atom stereocenters. The lowest BCUT2D eigenvalue weighted by Crippen LogP contribution is -2.41. The van der Waals surface area contributed by atoms with E-state index in [-0.39, 0.29) is 4.90 Å². The normalized spacial score (nSPS) is 12.1. The smallest absolute Gasteiger partial charge is 0.241 e. The van der Waals surface area contributed by atoms with Crippen LogP contribution >= 0.6 is 0 Å². The summed E-state index contributed by atoms with van der Waals surface area (Å²) in [7, 11) is -1.74. The van der Waals surface area contributed by atoms with Crippen LogP contribution in [-0.4, -0.2) is 21.0 Å². The summed E-state index contributed by atoms with van der Waals surface area (Å²) in [5, 5.41) is 3.00. The van der Waals surface area contributed by atoms with E-state index in [0.29, 0.717) is 6.54 Å². The molecule has 0 saturated heterocycles. The quantitative estimate of drug-likeness (QED) is 0.785. The monoisotopic (exact) mass is 266 g/mol. The molecule has 0 radical (unpaired) electrons. The van der Waals surface area contributed by atoms with E-state index in [9.17, 15) is 8.42 Å². The van der Waals surface area contributed by atoms with Crippen molar-refractivity contribution in [1.29, 1.82) is 0 Å². The lowest BCUT2D eigenvalue weighted by molar-refractivity contribution is 0.539. The first kappa shape index (κ1) is 14.7. The maximum atomic E-state index is 12.1. The van der Waals surface area contributed by atoms with Crippen LogP contribution in [-0.2, 0) is 16.6 Å². The lowest BCUT2D eigenvalue weighted by atomic mass is 10.1. The standard InChI is InChI=1S/C13H18N2O2S/c1-5-13(2,3)15-18(16,17)12-8-6-11(7-9-12)10-14-4/h1,6-9,14-15H,10H2,2-4H3. The predicted octanol–water partition coefficient (Wildman–Crippen LogP) is 1.10. The molecule has 0 aliphatic carbocycles. The summed E-state index contributed by atoms with van der Waals surface area (Å²) in [5.41, 5.74) is 0.121. The summed E-state index contributed by atoms with van der Waals surface area (Å²) in [6, 6.07) is 6.69. The topological polar surface area (TPSA) is 58.2 Å². The Labute approximate surface area is 109 Å². The Morgan fingerprint density at radius 3 is 2.28 bits per heavy atom. The van der Waals surface area contributed by atoms with E-state index < -0.39 is 15.6 Å². The van der Waals surface area contributed by atoms with Crippen LogP contribution in [0.5, 0.6) is 0 Å². The first-order valence-corrected chi connectivity index (χ1v) is 7.04. The van der Waals surface area contributed by atoms with Crippen molar-refractivity contribution in [3.8, 4) is 12.3 Å². The minimum atomic E-state index is -3.57. The van der Waals surface area contributed by atoms with E-state index in [1.165, 1.54) is 0 Å². The van der Waals surface area contributed by atoms with Crippen molar-refractivity contribution in [2.75, 3.05) is 7.05 Å². The number of hydrogen-bond donors (Lipinski definition) is 2. The molecule has 2 N–H and O–H groups in total. The number of hydrogen-bond acceptors (Lipinski definition) is 3. The summed E-state index contributed by atoms with van der Waals surface area (Å²) < 4.78 is 26.6. The highest BCUT2D eigenvalue weighted by atomic mass is 32.2. The van der Waals surface area contributed by atoms with Gasteiger partial charge in [0, 0.05) is 6.54 Å². The van der Waals surface area contributed by atoms with Gasteiger partial charge in [-0.25, -0.2) is 8.42 Å².